The van der Waals surface area contributed by atoms with Gasteiger partial charge in [0.1, 0.15) is 0 Å². The maximum Gasteiger partial charge on any atom is 0.279 e. The summed E-state index contributed by atoms with van der Waals surface area (Å²) in [5, 5.41) is 0. The van der Waals surface area contributed by atoms with Crippen molar-refractivity contribution in [3.8, 4) is 0 Å². The van der Waals surface area contributed by atoms with Crippen LogP contribution in [0.3, 0.4) is 0 Å². The zero-order chi connectivity index (χ0) is 9.90. The van der Waals surface area contributed by atoms with Gasteiger partial charge in [-0.1, -0.05) is 0 Å². The minimum Gasteiger partial charge on any atom is -0.381 e. The molecule has 0 aliphatic carbocycles. The largest absolute Gasteiger partial charge is 0.381 e. The normalized spacial score (nSPS) is 20.8. The Morgan fingerprint density at radius 3 is 2.31 bits per heavy atom. The fourth-order valence-corrected chi connectivity index (χ4v) is 2.00. The molecule has 0 aromatic rings. The monoisotopic (exact) mass is 208 g/mol. The lowest BCUT2D eigenvalue weighted by Crippen LogP contribution is -2.44. The van der Waals surface area contributed by atoms with Gasteiger partial charge >= 0.3 is 0 Å². The zero-order valence-corrected chi connectivity index (χ0v) is 8.80. The maximum absolute atomic E-state index is 11.4. The van der Waals surface area contributed by atoms with Gasteiger partial charge in [-0.3, -0.25) is 0 Å². The van der Waals surface area contributed by atoms with Gasteiger partial charge in [0.2, 0.25) is 0 Å². The molecule has 1 saturated heterocycles. The molecule has 0 spiro atoms. The van der Waals surface area contributed by atoms with Crippen molar-refractivity contribution in [3.05, 3.63) is 0 Å². The van der Waals surface area contributed by atoms with Gasteiger partial charge in [0, 0.05) is 33.4 Å². The fraction of sp³-hybridized carbons (Fsp3) is 1.00. The van der Waals surface area contributed by atoms with E-state index in [1.54, 1.807) is 0 Å². The third-order valence-electron chi connectivity index (χ3n) is 2.02. The van der Waals surface area contributed by atoms with Gasteiger partial charge in [0.25, 0.3) is 10.2 Å². The van der Waals surface area contributed by atoms with Gasteiger partial charge in [-0.15, -0.1) is 0 Å². The molecule has 78 valence electrons. The molecule has 0 atom stereocenters. The van der Waals surface area contributed by atoms with Crippen LogP contribution in [0.1, 0.15) is 12.8 Å². The Kier molecular flexibility index (Phi) is 3.66. The number of ether oxygens (including phenoxy) is 1. The van der Waals surface area contributed by atoms with Crippen LogP contribution in [0.15, 0.2) is 0 Å². The summed E-state index contributed by atoms with van der Waals surface area (Å²) in [7, 11) is -0.239. The molecule has 0 unspecified atom stereocenters. The standard InChI is InChI=1S/C7H16N2O3S/c1-9(2)13(10,11)8-7-3-5-12-6-4-7/h7-8H,3-6H2,1-2H3. The van der Waals surface area contributed by atoms with Gasteiger partial charge in [-0.25, -0.2) is 0 Å². The van der Waals surface area contributed by atoms with Crippen LogP contribution < -0.4 is 4.72 Å². The van der Waals surface area contributed by atoms with Crippen LogP contribution in [0.2, 0.25) is 0 Å². The van der Waals surface area contributed by atoms with Gasteiger partial charge in [-0.05, 0) is 12.8 Å². The lowest BCUT2D eigenvalue weighted by molar-refractivity contribution is 0.0829. The third-order valence-corrected chi connectivity index (χ3v) is 3.61. The van der Waals surface area contributed by atoms with Crippen LogP contribution in [0.25, 0.3) is 0 Å². The van der Waals surface area contributed by atoms with Crippen LogP contribution in [-0.2, 0) is 14.9 Å². The Balaban J connectivity index is 2.47. The van der Waals surface area contributed by atoms with E-state index in [9.17, 15) is 8.42 Å². The Morgan fingerprint density at radius 1 is 1.31 bits per heavy atom. The molecule has 13 heavy (non-hydrogen) atoms. The van der Waals surface area contributed by atoms with E-state index < -0.39 is 10.2 Å². The molecule has 1 rings (SSSR count). The van der Waals surface area contributed by atoms with Crippen molar-refractivity contribution in [1.82, 2.24) is 9.03 Å². The fourth-order valence-electron chi connectivity index (χ4n) is 1.13. The van der Waals surface area contributed by atoms with Crippen LogP contribution >= 0.6 is 0 Å². The molecule has 5 nitrogen and oxygen atoms in total. The summed E-state index contributed by atoms with van der Waals surface area (Å²) < 4.78 is 31.7. The van der Waals surface area contributed by atoms with Gasteiger partial charge < -0.3 is 4.74 Å². The molecule has 6 heteroatoms. The van der Waals surface area contributed by atoms with Crippen molar-refractivity contribution in [1.29, 1.82) is 0 Å². The van der Waals surface area contributed by atoms with E-state index in [0.717, 1.165) is 12.8 Å². The Bertz CT molecular complexity index is 244. The highest BCUT2D eigenvalue weighted by atomic mass is 32.2. The van der Waals surface area contributed by atoms with E-state index in [2.05, 4.69) is 4.72 Å². The topological polar surface area (TPSA) is 58.6 Å². The molecule has 1 fully saturated rings. The number of nitrogens with one attached hydrogen (secondary N) is 1. The highest BCUT2D eigenvalue weighted by Gasteiger charge is 2.21. The molecule has 1 aliphatic rings. The average molecular weight is 208 g/mol. The summed E-state index contributed by atoms with van der Waals surface area (Å²) >= 11 is 0. The molecular formula is C7H16N2O3S. The van der Waals surface area contributed by atoms with E-state index in [4.69, 9.17) is 4.74 Å². The van der Waals surface area contributed by atoms with E-state index in [1.165, 1.54) is 18.4 Å². The first-order chi connectivity index (χ1) is 6.02. The van der Waals surface area contributed by atoms with Crippen molar-refractivity contribution >= 4 is 10.2 Å². The average Bonchev–Trinajstić information content (AvgIpc) is 2.05. The molecule has 0 saturated carbocycles. The molecule has 0 bridgehead atoms. The van der Waals surface area contributed by atoms with Crippen molar-refractivity contribution in [2.24, 2.45) is 0 Å². The number of nitrogens with zero attached hydrogens (tertiary/aromatic N) is 1. The van der Waals surface area contributed by atoms with Crippen LogP contribution in [0.5, 0.6) is 0 Å². The Labute approximate surface area is 79.2 Å². The lowest BCUT2D eigenvalue weighted by Gasteiger charge is -2.24. The minimum absolute atomic E-state index is 0.0288. The number of rotatable bonds is 3. The smallest absolute Gasteiger partial charge is 0.279 e. The first kappa shape index (κ1) is 10.9. The second kappa shape index (κ2) is 4.36. The number of hydrogen-bond donors (Lipinski definition) is 1. The minimum atomic E-state index is -3.27. The van der Waals surface area contributed by atoms with E-state index in [-0.39, 0.29) is 6.04 Å². The molecule has 0 radical (unpaired) electrons. The first-order valence-electron chi connectivity index (χ1n) is 4.30. The summed E-state index contributed by atoms with van der Waals surface area (Å²) in [6, 6.07) is 0.0288. The molecule has 0 aromatic carbocycles. The lowest BCUT2D eigenvalue weighted by atomic mass is 10.1. The first-order valence-corrected chi connectivity index (χ1v) is 5.74. The van der Waals surface area contributed by atoms with E-state index in [0.29, 0.717) is 13.2 Å². The van der Waals surface area contributed by atoms with Crippen LogP contribution in [0, 0.1) is 0 Å². The highest BCUT2D eigenvalue weighted by molar-refractivity contribution is 7.87. The number of hydrogen-bond acceptors (Lipinski definition) is 3. The second-order valence-corrected chi connectivity index (χ2v) is 5.21. The van der Waals surface area contributed by atoms with Gasteiger partial charge in [0.05, 0.1) is 0 Å². The molecule has 1 aliphatic heterocycles. The highest BCUT2D eigenvalue weighted by Crippen LogP contribution is 2.07. The summed E-state index contributed by atoms with van der Waals surface area (Å²) in [4.78, 5) is 0. The van der Waals surface area contributed by atoms with Crippen molar-refractivity contribution in [2.45, 2.75) is 18.9 Å². The van der Waals surface area contributed by atoms with Crippen molar-refractivity contribution in [2.75, 3.05) is 27.3 Å². The molecule has 1 N–H and O–H groups in total. The zero-order valence-electron chi connectivity index (χ0n) is 7.99. The van der Waals surface area contributed by atoms with Gasteiger partial charge in [-0.2, -0.15) is 17.4 Å². The SMILES string of the molecule is CN(C)S(=O)(=O)NC1CCOCC1. The van der Waals surface area contributed by atoms with Crippen molar-refractivity contribution in [3.63, 3.8) is 0 Å². The van der Waals surface area contributed by atoms with Crippen molar-refractivity contribution < 1.29 is 13.2 Å². The molecule has 0 amide bonds. The summed E-state index contributed by atoms with van der Waals surface area (Å²) in [6.07, 6.45) is 1.51. The van der Waals surface area contributed by atoms with Crippen LogP contribution in [-0.4, -0.2) is 46.1 Å². The summed E-state index contributed by atoms with van der Waals surface area (Å²) in [5.74, 6) is 0. The maximum atomic E-state index is 11.4. The Morgan fingerprint density at radius 2 is 1.85 bits per heavy atom. The van der Waals surface area contributed by atoms with Crippen LogP contribution in [0.4, 0.5) is 0 Å². The van der Waals surface area contributed by atoms with Gasteiger partial charge in [0.15, 0.2) is 0 Å². The molecular weight excluding hydrogens is 192 g/mol. The van der Waals surface area contributed by atoms with E-state index >= 15 is 0 Å². The predicted octanol–water partition coefficient (Wildman–Crippen LogP) is -0.439. The molecule has 0 aromatic heterocycles. The Hall–Kier alpha value is -0.170. The third kappa shape index (κ3) is 3.22. The quantitative estimate of drug-likeness (QED) is 0.684. The molecule has 1 heterocycles. The second-order valence-electron chi connectivity index (χ2n) is 3.29. The summed E-state index contributed by atoms with van der Waals surface area (Å²) in [6.45, 7) is 1.28. The summed E-state index contributed by atoms with van der Waals surface area (Å²) in [5.41, 5.74) is 0. The predicted molar refractivity (Wildman–Crippen MR) is 49.6 cm³/mol. The van der Waals surface area contributed by atoms with E-state index in [1.807, 2.05) is 0 Å².